The molecule has 0 bridgehead atoms. The molecule has 0 aliphatic heterocycles. The summed E-state index contributed by atoms with van der Waals surface area (Å²) in [6.07, 6.45) is 4.66. The Balaban J connectivity index is 2.67. The Morgan fingerprint density at radius 1 is 1.47 bits per heavy atom. The second-order valence-electron chi connectivity index (χ2n) is 3.93. The van der Waals surface area contributed by atoms with E-state index in [4.69, 9.17) is 11.6 Å². The minimum atomic E-state index is 0.409. The summed E-state index contributed by atoms with van der Waals surface area (Å²) in [5, 5.41) is 4.24. The Bertz CT molecular complexity index is 301. The van der Waals surface area contributed by atoms with Crippen molar-refractivity contribution in [3.05, 3.63) is 29.0 Å². The highest BCUT2D eigenvalue weighted by Crippen LogP contribution is 2.25. The third-order valence-electron chi connectivity index (χ3n) is 2.76. The van der Waals surface area contributed by atoms with Crippen molar-refractivity contribution in [2.24, 2.45) is 0 Å². The summed E-state index contributed by atoms with van der Waals surface area (Å²) in [5.74, 6) is 0.409. The van der Waals surface area contributed by atoms with E-state index in [0.717, 1.165) is 18.0 Å². The molecule has 3 heteroatoms. The number of rotatable bonds is 5. The average Bonchev–Trinajstić information content (AvgIpc) is 2.25. The summed E-state index contributed by atoms with van der Waals surface area (Å²) in [7, 11) is 0. The van der Waals surface area contributed by atoms with Crippen LogP contribution in [0.15, 0.2) is 18.5 Å². The van der Waals surface area contributed by atoms with E-state index in [1.54, 1.807) is 12.4 Å². The molecule has 1 aromatic rings. The molecule has 2 unspecified atom stereocenters. The molecule has 1 aromatic heterocycles. The van der Waals surface area contributed by atoms with Crippen molar-refractivity contribution in [1.29, 1.82) is 0 Å². The molecule has 1 N–H and O–H groups in total. The van der Waals surface area contributed by atoms with E-state index in [1.165, 1.54) is 5.56 Å². The molecular weight excluding hydrogens is 208 g/mol. The third-order valence-corrected chi connectivity index (χ3v) is 3.08. The Labute approximate surface area is 97.1 Å². The van der Waals surface area contributed by atoms with Gasteiger partial charge in [0.15, 0.2) is 0 Å². The number of nitrogens with zero attached hydrogens (tertiary/aromatic N) is 1. The van der Waals surface area contributed by atoms with Crippen molar-refractivity contribution in [3.63, 3.8) is 0 Å². The highest BCUT2D eigenvalue weighted by atomic mass is 35.5. The molecule has 0 spiro atoms. The fourth-order valence-corrected chi connectivity index (χ4v) is 1.86. The summed E-state index contributed by atoms with van der Waals surface area (Å²) < 4.78 is 0. The molecule has 0 saturated heterocycles. The first-order valence-electron chi connectivity index (χ1n) is 5.49. The molecule has 0 aromatic carbocycles. The molecule has 1 rings (SSSR count). The van der Waals surface area contributed by atoms with Crippen molar-refractivity contribution < 1.29 is 0 Å². The van der Waals surface area contributed by atoms with Crippen molar-refractivity contribution in [3.8, 4) is 0 Å². The maximum Gasteiger partial charge on any atom is 0.0624 e. The van der Waals surface area contributed by atoms with Gasteiger partial charge in [-0.1, -0.05) is 25.4 Å². The quantitative estimate of drug-likeness (QED) is 0.834. The van der Waals surface area contributed by atoms with E-state index in [-0.39, 0.29) is 0 Å². The van der Waals surface area contributed by atoms with E-state index in [9.17, 15) is 0 Å². The van der Waals surface area contributed by atoms with Gasteiger partial charge in [0.25, 0.3) is 0 Å². The van der Waals surface area contributed by atoms with Crippen LogP contribution >= 0.6 is 11.6 Å². The van der Waals surface area contributed by atoms with Crippen LogP contribution in [0.3, 0.4) is 0 Å². The molecule has 0 radical (unpaired) electrons. The lowest BCUT2D eigenvalue weighted by Crippen LogP contribution is -2.31. The van der Waals surface area contributed by atoms with Crippen molar-refractivity contribution in [1.82, 2.24) is 10.3 Å². The van der Waals surface area contributed by atoms with E-state index in [1.807, 2.05) is 6.07 Å². The Hall–Kier alpha value is -0.600. The van der Waals surface area contributed by atoms with Crippen LogP contribution in [-0.4, -0.2) is 17.6 Å². The largest absolute Gasteiger partial charge is 0.314 e. The number of hydrogen-bond donors (Lipinski definition) is 1. The molecule has 1 heterocycles. The van der Waals surface area contributed by atoms with Crippen LogP contribution in [0.4, 0.5) is 0 Å². The molecule has 15 heavy (non-hydrogen) atoms. The number of hydrogen-bond acceptors (Lipinski definition) is 2. The van der Waals surface area contributed by atoms with Crippen LogP contribution in [0, 0.1) is 0 Å². The molecule has 2 atom stereocenters. The maximum absolute atomic E-state index is 6.11. The Kier molecular flexibility index (Phi) is 5.06. The predicted octanol–water partition coefficient (Wildman–Crippen LogP) is 3.23. The number of nitrogens with one attached hydrogen (secondary N) is 1. The lowest BCUT2D eigenvalue weighted by atomic mass is 9.95. The topological polar surface area (TPSA) is 24.9 Å². The van der Waals surface area contributed by atoms with Gasteiger partial charge in [0.1, 0.15) is 0 Å². The van der Waals surface area contributed by atoms with Gasteiger partial charge in [0.2, 0.25) is 0 Å². The molecule has 2 nitrogen and oxygen atoms in total. The lowest BCUT2D eigenvalue weighted by molar-refractivity contribution is 0.481. The SMILES string of the molecule is CCCNC(C)C(C)c1ccncc1Cl. The van der Waals surface area contributed by atoms with Gasteiger partial charge < -0.3 is 5.32 Å². The van der Waals surface area contributed by atoms with Crippen LogP contribution in [-0.2, 0) is 0 Å². The van der Waals surface area contributed by atoms with Gasteiger partial charge in [-0.05, 0) is 37.4 Å². The zero-order valence-corrected chi connectivity index (χ0v) is 10.4. The second kappa shape index (κ2) is 6.09. The maximum atomic E-state index is 6.11. The molecule has 0 aliphatic rings. The standard InChI is InChI=1S/C12H19ClN2/c1-4-6-15-10(3)9(2)11-5-7-14-8-12(11)13/h5,7-10,15H,4,6H2,1-3H3. The first-order chi connectivity index (χ1) is 7.16. The first kappa shape index (κ1) is 12.5. The summed E-state index contributed by atoms with van der Waals surface area (Å²) in [6, 6.07) is 2.43. The lowest BCUT2D eigenvalue weighted by Gasteiger charge is -2.22. The zero-order valence-electron chi connectivity index (χ0n) is 9.63. The number of halogens is 1. The predicted molar refractivity (Wildman–Crippen MR) is 65.4 cm³/mol. The van der Waals surface area contributed by atoms with E-state index >= 15 is 0 Å². The smallest absolute Gasteiger partial charge is 0.0624 e. The van der Waals surface area contributed by atoms with Gasteiger partial charge in [-0.2, -0.15) is 0 Å². The molecule has 0 amide bonds. The Morgan fingerprint density at radius 2 is 2.20 bits per heavy atom. The van der Waals surface area contributed by atoms with Crippen LogP contribution in [0.2, 0.25) is 5.02 Å². The van der Waals surface area contributed by atoms with Crippen LogP contribution in [0.5, 0.6) is 0 Å². The average molecular weight is 227 g/mol. The van der Waals surface area contributed by atoms with Gasteiger partial charge in [-0.25, -0.2) is 0 Å². The van der Waals surface area contributed by atoms with E-state index < -0.39 is 0 Å². The molecule has 84 valence electrons. The summed E-state index contributed by atoms with van der Waals surface area (Å²) >= 11 is 6.11. The molecule has 0 fully saturated rings. The third kappa shape index (κ3) is 3.47. The normalized spacial score (nSPS) is 14.9. The van der Waals surface area contributed by atoms with Crippen LogP contribution in [0.25, 0.3) is 0 Å². The van der Waals surface area contributed by atoms with Gasteiger partial charge >= 0.3 is 0 Å². The fourth-order valence-electron chi connectivity index (χ4n) is 1.57. The number of pyridine rings is 1. The van der Waals surface area contributed by atoms with Crippen LogP contribution < -0.4 is 5.32 Å². The summed E-state index contributed by atoms with van der Waals surface area (Å²) in [5.41, 5.74) is 1.17. The molecular formula is C12H19ClN2. The van der Waals surface area contributed by atoms with E-state index in [0.29, 0.717) is 12.0 Å². The first-order valence-corrected chi connectivity index (χ1v) is 5.87. The highest BCUT2D eigenvalue weighted by Gasteiger charge is 2.15. The summed E-state index contributed by atoms with van der Waals surface area (Å²) in [6.45, 7) is 7.60. The minimum Gasteiger partial charge on any atom is -0.314 e. The molecule has 0 aliphatic carbocycles. The highest BCUT2D eigenvalue weighted by molar-refractivity contribution is 6.31. The van der Waals surface area contributed by atoms with Crippen LogP contribution in [0.1, 0.15) is 38.7 Å². The summed E-state index contributed by atoms with van der Waals surface area (Å²) in [4.78, 5) is 4.00. The molecule has 0 saturated carbocycles. The van der Waals surface area contributed by atoms with Gasteiger partial charge in [-0.3, -0.25) is 4.98 Å². The number of aromatic nitrogens is 1. The minimum absolute atomic E-state index is 0.409. The fraction of sp³-hybridized carbons (Fsp3) is 0.583. The van der Waals surface area contributed by atoms with Gasteiger partial charge in [-0.15, -0.1) is 0 Å². The Morgan fingerprint density at radius 3 is 2.80 bits per heavy atom. The zero-order chi connectivity index (χ0) is 11.3. The monoisotopic (exact) mass is 226 g/mol. The second-order valence-corrected chi connectivity index (χ2v) is 4.34. The van der Waals surface area contributed by atoms with E-state index in [2.05, 4.69) is 31.1 Å². The van der Waals surface area contributed by atoms with Crippen molar-refractivity contribution in [2.75, 3.05) is 6.54 Å². The van der Waals surface area contributed by atoms with Crippen molar-refractivity contribution >= 4 is 11.6 Å². The van der Waals surface area contributed by atoms with Gasteiger partial charge in [0, 0.05) is 18.4 Å². The van der Waals surface area contributed by atoms with Gasteiger partial charge in [0.05, 0.1) is 5.02 Å². The van der Waals surface area contributed by atoms with Crippen molar-refractivity contribution in [2.45, 2.75) is 39.2 Å².